The van der Waals surface area contributed by atoms with Crippen LogP contribution in [0.15, 0.2) is 24.3 Å². The van der Waals surface area contributed by atoms with Gasteiger partial charge in [0.25, 0.3) is 0 Å². The summed E-state index contributed by atoms with van der Waals surface area (Å²) in [6, 6.07) is 8.39. The SMILES string of the molecule is COCc1cccc(CNCCC(C)NC(=O)OC(C)(C)C)c1. The summed E-state index contributed by atoms with van der Waals surface area (Å²) in [7, 11) is 1.70. The molecule has 0 spiro atoms. The number of ether oxygens (including phenoxy) is 2. The minimum absolute atomic E-state index is 0.0668. The molecule has 0 heterocycles. The van der Waals surface area contributed by atoms with Crippen molar-refractivity contribution in [2.45, 2.75) is 58.9 Å². The van der Waals surface area contributed by atoms with Gasteiger partial charge in [-0.3, -0.25) is 0 Å². The molecule has 1 rings (SSSR count). The van der Waals surface area contributed by atoms with E-state index in [4.69, 9.17) is 9.47 Å². The van der Waals surface area contributed by atoms with Crippen LogP contribution in [0.5, 0.6) is 0 Å². The largest absolute Gasteiger partial charge is 0.444 e. The Hall–Kier alpha value is -1.59. The number of benzene rings is 1. The van der Waals surface area contributed by atoms with Crippen molar-refractivity contribution in [3.63, 3.8) is 0 Å². The predicted octanol–water partition coefficient (Wildman–Crippen LogP) is 3.23. The molecule has 0 fully saturated rings. The summed E-state index contributed by atoms with van der Waals surface area (Å²) in [6.07, 6.45) is 0.481. The molecular formula is C18H30N2O3. The molecule has 1 unspecified atom stereocenters. The second-order valence-electron chi connectivity index (χ2n) is 6.77. The number of carbonyl (C=O) groups is 1. The van der Waals surface area contributed by atoms with Gasteiger partial charge in [-0.2, -0.15) is 0 Å². The number of methoxy groups -OCH3 is 1. The van der Waals surface area contributed by atoms with Gasteiger partial charge in [-0.1, -0.05) is 24.3 Å². The molecule has 1 aromatic rings. The number of rotatable bonds is 8. The minimum atomic E-state index is -0.463. The predicted molar refractivity (Wildman–Crippen MR) is 92.3 cm³/mol. The molecule has 0 aliphatic rings. The van der Waals surface area contributed by atoms with Crippen LogP contribution in [-0.4, -0.2) is 31.4 Å². The van der Waals surface area contributed by atoms with E-state index in [0.29, 0.717) is 6.61 Å². The molecular weight excluding hydrogens is 292 g/mol. The molecule has 0 bridgehead atoms. The Morgan fingerprint density at radius 1 is 1.26 bits per heavy atom. The summed E-state index contributed by atoms with van der Waals surface area (Å²) >= 11 is 0. The fourth-order valence-corrected chi connectivity index (χ4v) is 2.13. The van der Waals surface area contributed by atoms with Gasteiger partial charge in [0.15, 0.2) is 0 Å². The van der Waals surface area contributed by atoms with Crippen LogP contribution in [0.3, 0.4) is 0 Å². The van der Waals surface area contributed by atoms with E-state index in [0.717, 1.165) is 19.5 Å². The van der Waals surface area contributed by atoms with Gasteiger partial charge in [-0.25, -0.2) is 4.79 Å². The summed E-state index contributed by atoms with van der Waals surface area (Å²) in [5, 5.41) is 6.23. The Morgan fingerprint density at radius 2 is 1.96 bits per heavy atom. The lowest BCUT2D eigenvalue weighted by molar-refractivity contribution is 0.0506. The molecule has 5 heteroatoms. The highest BCUT2D eigenvalue weighted by Crippen LogP contribution is 2.08. The monoisotopic (exact) mass is 322 g/mol. The van der Waals surface area contributed by atoms with E-state index in [2.05, 4.69) is 28.8 Å². The molecule has 23 heavy (non-hydrogen) atoms. The van der Waals surface area contributed by atoms with E-state index >= 15 is 0 Å². The lowest BCUT2D eigenvalue weighted by Gasteiger charge is -2.22. The number of alkyl carbamates (subject to hydrolysis) is 1. The van der Waals surface area contributed by atoms with Gasteiger partial charge in [0.2, 0.25) is 0 Å². The van der Waals surface area contributed by atoms with Crippen LogP contribution in [0.1, 0.15) is 45.2 Å². The first kappa shape index (κ1) is 19.5. The zero-order valence-corrected chi connectivity index (χ0v) is 14.9. The van der Waals surface area contributed by atoms with Crippen LogP contribution in [0.4, 0.5) is 4.79 Å². The van der Waals surface area contributed by atoms with Crippen molar-refractivity contribution in [2.75, 3.05) is 13.7 Å². The third kappa shape index (κ3) is 9.21. The van der Waals surface area contributed by atoms with Crippen LogP contribution in [0, 0.1) is 0 Å². The van der Waals surface area contributed by atoms with Crippen molar-refractivity contribution in [3.8, 4) is 0 Å². The van der Waals surface area contributed by atoms with Crippen LogP contribution in [0.2, 0.25) is 0 Å². The zero-order chi connectivity index (χ0) is 17.3. The standard InChI is InChI=1S/C18H30N2O3/c1-14(20-17(21)23-18(2,3)4)9-10-19-12-15-7-6-8-16(11-15)13-22-5/h6-8,11,14,19H,9-10,12-13H2,1-5H3,(H,20,21). The molecule has 0 saturated carbocycles. The Bertz CT molecular complexity index is 483. The van der Waals surface area contributed by atoms with Crippen LogP contribution >= 0.6 is 0 Å². The summed E-state index contributed by atoms with van der Waals surface area (Å²) in [6.45, 7) is 9.81. The van der Waals surface area contributed by atoms with Gasteiger partial charge in [0, 0.05) is 19.7 Å². The fourth-order valence-electron chi connectivity index (χ4n) is 2.13. The number of hydrogen-bond donors (Lipinski definition) is 2. The molecule has 5 nitrogen and oxygen atoms in total. The molecule has 130 valence electrons. The first-order valence-electron chi connectivity index (χ1n) is 8.07. The van der Waals surface area contributed by atoms with Crippen molar-refractivity contribution in [2.24, 2.45) is 0 Å². The van der Waals surface area contributed by atoms with Crippen LogP contribution < -0.4 is 10.6 Å². The average molecular weight is 322 g/mol. The van der Waals surface area contributed by atoms with Crippen molar-refractivity contribution >= 4 is 6.09 Å². The Balaban J connectivity index is 2.24. The molecule has 1 aromatic carbocycles. The van der Waals surface area contributed by atoms with Crippen molar-refractivity contribution in [1.82, 2.24) is 10.6 Å². The first-order chi connectivity index (χ1) is 10.8. The molecule has 0 aliphatic heterocycles. The van der Waals surface area contributed by atoms with E-state index < -0.39 is 5.60 Å². The van der Waals surface area contributed by atoms with Crippen LogP contribution in [-0.2, 0) is 22.6 Å². The lowest BCUT2D eigenvalue weighted by Crippen LogP contribution is -2.38. The zero-order valence-electron chi connectivity index (χ0n) is 14.9. The third-order valence-electron chi connectivity index (χ3n) is 3.15. The maximum atomic E-state index is 11.7. The Morgan fingerprint density at radius 3 is 2.61 bits per heavy atom. The first-order valence-corrected chi connectivity index (χ1v) is 8.07. The van der Waals surface area contributed by atoms with Crippen molar-refractivity contribution in [3.05, 3.63) is 35.4 Å². The van der Waals surface area contributed by atoms with Gasteiger partial charge in [-0.05, 0) is 51.8 Å². The van der Waals surface area contributed by atoms with Crippen LogP contribution in [0.25, 0.3) is 0 Å². The second-order valence-corrected chi connectivity index (χ2v) is 6.77. The molecule has 2 N–H and O–H groups in total. The highest BCUT2D eigenvalue weighted by molar-refractivity contribution is 5.67. The molecule has 0 aliphatic carbocycles. The smallest absolute Gasteiger partial charge is 0.407 e. The number of nitrogens with one attached hydrogen (secondary N) is 2. The van der Waals surface area contributed by atoms with Crippen molar-refractivity contribution in [1.29, 1.82) is 0 Å². The van der Waals surface area contributed by atoms with E-state index in [1.54, 1.807) is 7.11 Å². The molecule has 1 amide bonds. The topological polar surface area (TPSA) is 59.6 Å². The van der Waals surface area contributed by atoms with Gasteiger partial charge < -0.3 is 20.1 Å². The minimum Gasteiger partial charge on any atom is -0.444 e. The second kappa shape index (κ2) is 9.53. The highest BCUT2D eigenvalue weighted by atomic mass is 16.6. The van der Waals surface area contributed by atoms with Gasteiger partial charge in [0.05, 0.1) is 6.61 Å². The number of hydrogen-bond acceptors (Lipinski definition) is 4. The molecule has 0 aromatic heterocycles. The summed E-state index contributed by atoms with van der Waals surface area (Å²) < 4.78 is 10.4. The highest BCUT2D eigenvalue weighted by Gasteiger charge is 2.17. The quantitative estimate of drug-likeness (QED) is 0.722. The Kier molecular flexibility index (Phi) is 8.06. The third-order valence-corrected chi connectivity index (χ3v) is 3.15. The van der Waals surface area contributed by atoms with E-state index in [9.17, 15) is 4.79 Å². The maximum Gasteiger partial charge on any atom is 0.407 e. The van der Waals surface area contributed by atoms with Gasteiger partial charge >= 0.3 is 6.09 Å². The van der Waals surface area contributed by atoms with E-state index in [-0.39, 0.29) is 12.1 Å². The molecule has 1 atom stereocenters. The van der Waals surface area contributed by atoms with Crippen molar-refractivity contribution < 1.29 is 14.3 Å². The summed E-state index contributed by atoms with van der Waals surface area (Å²) in [5.41, 5.74) is 1.94. The number of carbonyl (C=O) groups excluding carboxylic acids is 1. The van der Waals surface area contributed by atoms with Gasteiger partial charge in [0.1, 0.15) is 5.60 Å². The fraction of sp³-hybridized carbons (Fsp3) is 0.611. The lowest BCUT2D eigenvalue weighted by atomic mass is 10.1. The van der Waals surface area contributed by atoms with E-state index in [1.807, 2.05) is 33.8 Å². The Labute approximate surface area is 139 Å². The maximum absolute atomic E-state index is 11.7. The van der Waals surface area contributed by atoms with Gasteiger partial charge in [-0.15, -0.1) is 0 Å². The normalized spacial score (nSPS) is 12.7. The molecule has 0 saturated heterocycles. The number of amides is 1. The van der Waals surface area contributed by atoms with E-state index in [1.165, 1.54) is 11.1 Å². The molecule has 0 radical (unpaired) electrons. The average Bonchev–Trinajstić information content (AvgIpc) is 2.42. The summed E-state index contributed by atoms with van der Waals surface area (Å²) in [4.78, 5) is 11.7. The summed E-state index contributed by atoms with van der Waals surface area (Å²) in [5.74, 6) is 0.